The third-order valence-corrected chi connectivity index (χ3v) is 3.62. The molecular formula is C17H19N5. The van der Waals surface area contributed by atoms with Crippen molar-refractivity contribution in [3.8, 4) is 17.1 Å². The van der Waals surface area contributed by atoms with Crippen molar-refractivity contribution in [2.75, 3.05) is 13.6 Å². The van der Waals surface area contributed by atoms with E-state index in [1.165, 1.54) is 11.9 Å². The summed E-state index contributed by atoms with van der Waals surface area (Å²) in [5, 5.41) is 4.74. The van der Waals surface area contributed by atoms with Crippen molar-refractivity contribution in [2.24, 2.45) is 0 Å². The van der Waals surface area contributed by atoms with Gasteiger partial charge in [0.1, 0.15) is 6.33 Å². The van der Waals surface area contributed by atoms with Crippen molar-refractivity contribution in [1.82, 2.24) is 24.6 Å². The van der Waals surface area contributed by atoms with Crippen molar-refractivity contribution in [2.45, 2.75) is 13.5 Å². The molecule has 3 aromatic rings. The third kappa shape index (κ3) is 3.04. The smallest absolute Gasteiger partial charge is 0.156 e. The van der Waals surface area contributed by atoms with Gasteiger partial charge in [-0.3, -0.25) is 0 Å². The molecule has 0 saturated heterocycles. The van der Waals surface area contributed by atoms with E-state index in [1.54, 1.807) is 6.20 Å². The van der Waals surface area contributed by atoms with E-state index in [0.29, 0.717) is 0 Å². The van der Waals surface area contributed by atoms with Crippen LogP contribution in [0.15, 0.2) is 55.1 Å². The Morgan fingerprint density at radius 3 is 2.64 bits per heavy atom. The first kappa shape index (κ1) is 14.4. The fraction of sp³-hybridized carbons (Fsp3) is 0.235. The highest BCUT2D eigenvalue weighted by molar-refractivity contribution is 5.63. The van der Waals surface area contributed by atoms with Gasteiger partial charge in [-0.2, -0.15) is 5.10 Å². The highest BCUT2D eigenvalue weighted by atomic mass is 15.3. The van der Waals surface area contributed by atoms with Crippen molar-refractivity contribution >= 4 is 0 Å². The zero-order chi connectivity index (χ0) is 15.4. The van der Waals surface area contributed by atoms with Crippen LogP contribution in [0.25, 0.3) is 17.1 Å². The van der Waals surface area contributed by atoms with Gasteiger partial charge in [-0.15, -0.1) is 0 Å². The molecule has 0 unspecified atom stereocenters. The molecule has 1 aromatic carbocycles. The quantitative estimate of drug-likeness (QED) is 0.725. The zero-order valence-electron chi connectivity index (χ0n) is 12.8. The molecule has 22 heavy (non-hydrogen) atoms. The Labute approximate surface area is 130 Å². The van der Waals surface area contributed by atoms with E-state index in [0.717, 1.165) is 30.2 Å². The van der Waals surface area contributed by atoms with Crippen LogP contribution in [-0.4, -0.2) is 38.2 Å². The Kier molecular flexibility index (Phi) is 4.25. The summed E-state index contributed by atoms with van der Waals surface area (Å²) in [6.45, 7) is 4.00. The topological polar surface area (TPSA) is 46.8 Å². The summed E-state index contributed by atoms with van der Waals surface area (Å²) >= 11 is 0. The molecule has 0 amide bonds. The molecule has 0 saturated carbocycles. The van der Waals surface area contributed by atoms with Crippen LogP contribution in [0, 0.1) is 0 Å². The fourth-order valence-corrected chi connectivity index (χ4v) is 2.30. The first-order chi connectivity index (χ1) is 10.8. The van der Waals surface area contributed by atoms with Crippen LogP contribution in [0.1, 0.15) is 12.5 Å². The molecule has 0 spiro atoms. The fourth-order valence-electron chi connectivity index (χ4n) is 2.30. The van der Waals surface area contributed by atoms with Gasteiger partial charge in [0.15, 0.2) is 5.82 Å². The number of hydrogen-bond donors (Lipinski definition) is 0. The molecular weight excluding hydrogens is 274 g/mol. The van der Waals surface area contributed by atoms with Gasteiger partial charge in [0.25, 0.3) is 0 Å². The van der Waals surface area contributed by atoms with E-state index >= 15 is 0 Å². The van der Waals surface area contributed by atoms with Gasteiger partial charge in [-0.05, 0) is 13.6 Å². The minimum absolute atomic E-state index is 0.776. The molecule has 0 aliphatic rings. The predicted octanol–water partition coefficient (Wildman–Crippen LogP) is 2.78. The number of aromatic nitrogens is 4. The van der Waals surface area contributed by atoms with E-state index in [4.69, 9.17) is 5.10 Å². The van der Waals surface area contributed by atoms with Gasteiger partial charge in [0.2, 0.25) is 0 Å². The lowest BCUT2D eigenvalue weighted by Crippen LogP contribution is -2.16. The SMILES string of the molecule is CCN(C)Cc1cn(-c2ccncn2)nc1-c1ccccc1. The maximum atomic E-state index is 4.74. The Balaban J connectivity index is 2.05. The second kappa shape index (κ2) is 6.49. The van der Waals surface area contributed by atoms with Crippen molar-refractivity contribution in [3.63, 3.8) is 0 Å². The van der Waals surface area contributed by atoms with E-state index in [1.807, 2.05) is 28.9 Å². The van der Waals surface area contributed by atoms with Crippen LogP contribution in [0.3, 0.4) is 0 Å². The van der Waals surface area contributed by atoms with Crippen molar-refractivity contribution in [1.29, 1.82) is 0 Å². The van der Waals surface area contributed by atoms with Crippen molar-refractivity contribution in [3.05, 3.63) is 60.7 Å². The zero-order valence-corrected chi connectivity index (χ0v) is 12.8. The molecule has 0 bridgehead atoms. The van der Waals surface area contributed by atoms with Crippen LogP contribution < -0.4 is 0 Å². The highest BCUT2D eigenvalue weighted by Crippen LogP contribution is 2.24. The van der Waals surface area contributed by atoms with Gasteiger partial charge in [0, 0.05) is 36.1 Å². The Hall–Kier alpha value is -2.53. The third-order valence-electron chi connectivity index (χ3n) is 3.62. The van der Waals surface area contributed by atoms with Crippen LogP contribution in [-0.2, 0) is 6.54 Å². The molecule has 2 heterocycles. The average molecular weight is 293 g/mol. The van der Waals surface area contributed by atoms with E-state index in [-0.39, 0.29) is 0 Å². The average Bonchev–Trinajstić information content (AvgIpc) is 3.00. The van der Waals surface area contributed by atoms with E-state index < -0.39 is 0 Å². The summed E-state index contributed by atoms with van der Waals surface area (Å²) in [4.78, 5) is 10.5. The van der Waals surface area contributed by atoms with Crippen LogP contribution in [0.2, 0.25) is 0 Å². The maximum Gasteiger partial charge on any atom is 0.156 e. The van der Waals surface area contributed by atoms with Crippen molar-refractivity contribution < 1.29 is 0 Å². The van der Waals surface area contributed by atoms with E-state index in [2.05, 4.69) is 47.2 Å². The molecule has 5 nitrogen and oxygen atoms in total. The molecule has 0 fully saturated rings. The lowest BCUT2D eigenvalue weighted by Gasteiger charge is -2.13. The summed E-state index contributed by atoms with van der Waals surface area (Å²) < 4.78 is 1.82. The summed E-state index contributed by atoms with van der Waals surface area (Å²) in [5.74, 6) is 0.776. The van der Waals surface area contributed by atoms with Gasteiger partial charge >= 0.3 is 0 Å². The molecule has 3 rings (SSSR count). The molecule has 0 aliphatic heterocycles. The summed E-state index contributed by atoms with van der Waals surface area (Å²) in [6.07, 6.45) is 5.32. The van der Waals surface area contributed by atoms with Gasteiger partial charge in [-0.25, -0.2) is 14.6 Å². The predicted molar refractivity (Wildman–Crippen MR) is 86.6 cm³/mol. The largest absolute Gasteiger partial charge is 0.302 e. The Morgan fingerprint density at radius 2 is 1.95 bits per heavy atom. The Morgan fingerprint density at radius 1 is 1.14 bits per heavy atom. The molecule has 2 aromatic heterocycles. The minimum atomic E-state index is 0.776. The molecule has 0 atom stereocenters. The second-order valence-corrected chi connectivity index (χ2v) is 5.21. The van der Waals surface area contributed by atoms with Crippen LogP contribution in [0.5, 0.6) is 0 Å². The monoisotopic (exact) mass is 293 g/mol. The highest BCUT2D eigenvalue weighted by Gasteiger charge is 2.13. The molecule has 5 heteroatoms. The first-order valence-corrected chi connectivity index (χ1v) is 7.37. The van der Waals surface area contributed by atoms with E-state index in [9.17, 15) is 0 Å². The first-order valence-electron chi connectivity index (χ1n) is 7.37. The second-order valence-electron chi connectivity index (χ2n) is 5.21. The van der Waals surface area contributed by atoms with Gasteiger partial charge < -0.3 is 4.90 Å². The number of benzene rings is 1. The summed E-state index contributed by atoms with van der Waals surface area (Å²) in [6, 6.07) is 12.1. The van der Waals surface area contributed by atoms with Crippen LogP contribution in [0.4, 0.5) is 0 Å². The minimum Gasteiger partial charge on any atom is -0.302 e. The Bertz CT molecular complexity index is 721. The van der Waals surface area contributed by atoms with Gasteiger partial charge in [0.05, 0.1) is 5.69 Å². The summed E-state index contributed by atoms with van der Waals surface area (Å²) in [5.41, 5.74) is 3.31. The normalized spacial score (nSPS) is 11.0. The lowest BCUT2D eigenvalue weighted by atomic mass is 10.1. The lowest BCUT2D eigenvalue weighted by molar-refractivity contribution is 0.346. The summed E-state index contributed by atoms with van der Waals surface area (Å²) in [7, 11) is 2.11. The van der Waals surface area contributed by atoms with Crippen LogP contribution >= 0.6 is 0 Å². The number of nitrogens with zero attached hydrogens (tertiary/aromatic N) is 5. The number of hydrogen-bond acceptors (Lipinski definition) is 4. The molecule has 0 aliphatic carbocycles. The standard InChI is InChI=1S/C17H19N5/c1-3-21(2)11-15-12-22(16-9-10-18-13-19-16)20-17(15)14-7-5-4-6-8-14/h4-10,12-13H,3,11H2,1-2H3. The maximum absolute atomic E-state index is 4.74. The number of rotatable bonds is 5. The molecule has 0 N–H and O–H groups in total. The molecule has 112 valence electrons. The molecule has 0 radical (unpaired) electrons. The van der Waals surface area contributed by atoms with Gasteiger partial charge in [-0.1, -0.05) is 37.3 Å².